The average Bonchev–Trinajstić information content (AvgIpc) is 2.05. The highest BCUT2D eigenvalue weighted by molar-refractivity contribution is 6.18. The van der Waals surface area contributed by atoms with Gasteiger partial charge in [-0.15, -0.1) is 11.6 Å². The van der Waals surface area contributed by atoms with Gasteiger partial charge in [0.05, 0.1) is 0 Å². The molecule has 0 aromatic rings. The van der Waals surface area contributed by atoms with Gasteiger partial charge in [0.15, 0.2) is 0 Å². The Labute approximate surface area is 87.7 Å². The second-order valence-corrected chi connectivity index (χ2v) is 3.85. The molecule has 0 aliphatic carbocycles. The van der Waals surface area contributed by atoms with E-state index in [-0.39, 0.29) is 0 Å². The molecule has 0 saturated carbocycles. The first-order chi connectivity index (χ1) is 6.20. The zero-order chi connectivity index (χ0) is 10.1. The average molecular weight is 201 g/mol. The third-order valence-corrected chi connectivity index (χ3v) is 2.26. The zero-order valence-electron chi connectivity index (χ0n) is 9.07. The van der Waals surface area contributed by atoms with Crippen molar-refractivity contribution in [3.8, 4) is 0 Å². The number of halogens is 1. The number of hydrogen-bond acceptors (Lipinski definition) is 0. The van der Waals surface area contributed by atoms with Crippen LogP contribution in [0.25, 0.3) is 0 Å². The first kappa shape index (κ1) is 12.8. The monoisotopic (exact) mass is 200 g/mol. The summed E-state index contributed by atoms with van der Waals surface area (Å²) in [7, 11) is 0. The fraction of sp³-hybridized carbons (Fsp3) is 0.667. The lowest BCUT2D eigenvalue weighted by atomic mass is 10.1. The highest BCUT2D eigenvalue weighted by atomic mass is 35.5. The molecule has 0 aromatic heterocycles. The van der Waals surface area contributed by atoms with Crippen LogP contribution in [0.4, 0.5) is 0 Å². The molecule has 0 N–H and O–H groups in total. The van der Waals surface area contributed by atoms with Gasteiger partial charge in [-0.25, -0.2) is 0 Å². The Bertz CT molecular complexity index is 178. The minimum absolute atomic E-state index is 0.642. The molecular weight excluding hydrogens is 180 g/mol. The summed E-state index contributed by atoms with van der Waals surface area (Å²) in [5.74, 6) is 0.642. The molecule has 13 heavy (non-hydrogen) atoms. The van der Waals surface area contributed by atoms with Crippen molar-refractivity contribution in [2.24, 2.45) is 0 Å². The van der Waals surface area contributed by atoms with E-state index in [2.05, 4.69) is 32.9 Å². The minimum atomic E-state index is 0.642. The van der Waals surface area contributed by atoms with Crippen LogP contribution in [0.2, 0.25) is 0 Å². The van der Waals surface area contributed by atoms with Crippen molar-refractivity contribution in [3.63, 3.8) is 0 Å². The quantitative estimate of drug-likeness (QED) is 0.431. The van der Waals surface area contributed by atoms with Crippen molar-refractivity contribution in [1.29, 1.82) is 0 Å². The van der Waals surface area contributed by atoms with Crippen LogP contribution < -0.4 is 0 Å². The highest BCUT2D eigenvalue weighted by Crippen LogP contribution is 2.09. The van der Waals surface area contributed by atoms with Gasteiger partial charge in [-0.05, 0) is 33.1 Å². The predicted molar refractivity (Wildman–Crippen MR) is 62.4 cm³/mol. The summed E-state index contributed by atoms with van der Waals surface area (Å²) < 4.78 is 0. The summed E-state index contributed by atoms with van der Waals surface area (Å²) in [6, 6.07) is 0. The maximum Gasteiger partial charge on any atom is 0.0406 e. The van der Waals surface area contributed by atoms with Crippen molar-refractivity contribution >= 4 is 11.6 Å². The normalized spacial score (nSPS) is 13.5. The molecule has 0 unspecified atom stereocenters. The minimum Gasteiger partial charge on any atom is -0.122 e. The van der Waals surface area contributed by atoms with E-state index < -0.39 is 0 Å². The van der Waals surface area contributed by atoms with Gasteiger partial charge < -0.3 is 0 Å². The molecule has 0 aromatic carbocycles. The molecule has 0 radical (unpaired) electrons. The van der Waals surface area contributed by atoms with Crippen LogP contribution in [-0.2, 0) is 0 Å². The molecule has 0 bridgehead atoms. The third-order valence-electron chi connectivity index (χ3n) is 2.10. The third kappa shape index (κ3) is 8.11. The molecule has 0 atom stereocenters. The molecular formula is C12H21Cl. The summed E-state index contributed by atoms with van der Waals surface area (Å²) in [4.78, 5) is 0. The van der Waals surface area contributed by atoms with Crippen molar-refractivity contribution in [3.05, 3.63) is 23.3 Å². The fourth-order valence-electron chi connectivity index (χ4n) is 1.28. The van der Waals surface area contributed by atoms with Crippen molar-refractivity contribution < 1.29 is 0 Å². The van der Waals surface area contributed by atoms with E-state index in [4.69, 9.17) is 11.6 Å². The Morgan fingerprint density at radius 1 is 1.08 bits per heavy atom. The summed E-state index contributed by atoms with van der Waals surface area (Å²) in [5.41, 5.74) is 2.91. The molecule has 0 heterocycles. The van der Waals surface area contributed by atoms with Crippen LogP contribution >= 0.6 is 11.6 Å². The Hall–Kier alpha value is -0.230. The number of rotatable bonds is 6. The largest absolute Gasteiger partial charge is 0.122 e. The van der Waals surface area contributed by atoms with E-state index in [1.807, 2.05) is 0 Å². The first-order valence-electron chi connectivity index (χ1n) is 5.08. The summed E-state index contributed by atoms with van der Waals surface area (Å²) in [6.45, 7) is 6.57. The van der Waals surface area contributed by atoms with E-state index in [0.29, 0.717) is 5.88 Å². The van der Waals surface area contributed by atoms with E-state index in [9.17, 15) is 0 Å². The molecule has 0 rings (SSSR count). The lowest BCUT2D eigenvalue weighted by Gasteiger charge is -1.99. The maximum absolute atomic E-state index is 5.60. The van der Waals surface area contributed by atoms with Crippen molar-refractivity contribution in [2.75, 3.05) is 5.88 Å². The molecule has 0 aliphatic rings. The Balaban J connectivity index is 3.65. The first-order valence-corrected chi connectivity index (χ1v) is 5.61. The van der Waals surface area contributed by atoms with Gasteiger partial charge in [-0.2, -0.15) is 0 Å². The van der Waals surface area contributed by atoms with Gasteiger partial charge in [0.1, 0.15) is 0 Å². The molecule has 0 aliphatic heterocycles. The number of alkyl halides is 1. The Kier molecular flexibility index (Phi) is 8.22. The van der Waals surface area contributed by atoms with Crippen LogP contribution in [0.1, 0.15) is 46.5 Å². The van der Waals surface area contributed by atoms with Crippen LogP contribution in [0.3, 0.4) is 0 Å². The second-order valence-electron chi connectivity index (χ2n) is 3.54. The Morgan fingerprint density at radius 3 is 2.23 bits per heavy atom. The van der Waals surface area contributed by atoms with E-state index >= 15 is 0 Å². The molecule has 0 saturated heterocycles. The van der Waals surface area contributed by atoms with Crippen molar-refractivity contribution in [1.82, 2.24) is 0 Å². The maximum atomic E-state index is 5.60. The molecule has 76 valence electrons. The van der Waals surface area contributed by atoms with E-state index in [1.165, 1.54) is 24.0 Å². The van der Waals surface area contributed by atoms with Gasteiger partial charge in [0, 0.05) is 5.88 Å². The predicted octanol–water partition coefficient (Wildman–Crippen LogP) is 4.70. The van der Waals surface area contributed by atoms with Crippen LogP contribution in [-0.4, -0.2) is 5.88 Å². The van der Waals surface area contributed by atoms with Gasteiger partial charge in [-0.3, -0.25) is 0 Å². The summed E-state index contributed by atoms with van der Waals surface area (Å²) >= 11 is 5.60. The zero-order valence-corrected chi connectivity index (χ0v) is 9.82. The van der Waals surface area contributed by atoms with Crippen molar-refractivity contribution in [2.45, 2.75) is 46.5 Å². The fourth-order valence-corrected chi connectivity index (χ4v) is 1.54. The molecule has 0 nitrogen and oxygen atoms in total. The smallest absolute Gasteiger partial charge is 0.0406 e. The van der Waals surface area contributed by atoms with Gasteiger partial charge in [0.2, 0.25) is 0 Å². The lowest BCUT2D eigenvalue weighted by molar-refractivity contribution is 0.881. The highest BCUT2D eigenvalue weighted by Gasteiger charge is 1.89. The Morgan fingerprint density at radius 2 is 1.69 bits per heavy atom. The number of hydrogen-bond donors (Lipinski definition) is 0. The second kappa shape index (κ2) is 8.37. The number of allylic oxidation sites excluding steroid dienone is 4. The van der Waals surface area contributed by atoms with Crippen LogP contribution in [0.15, 0.2) is 23.3 Å². The molecule has 0 amide bonds. The van der Waals surface area contributed by atoms with Crippen LogP contribution in [0.5, 0.6) is 0 Å². The summed E-state index contributed by atoms with van der Waals surface area (Å²) in [6.07, 6.45) is 9.22. The van der Waals surface area contributed by atoms with Gasteiger partial charge in [0.25, 0.3) is 0 Å². The van der Waals surface area contributed by atoms with Gasteiger partial charge >= 0.3 is 0 Å². The standard InChI is InChI=1S/C12H21Cl/c1-4-6-11(2)7-5-8-12(3)9-10-13/h7,9H,4-6,8,10H2,1-3H3/b11-7+,12-9+. The van der Waals surface area contributed by atoms with Crippen LogP contribution in [0, 0.1) is 0 Å². The summed E-state index contributed by atoms with van der Waals surface area (Å²) in [5, 5.41) is 0. The molecule has 0 spiro atoms. The molecule has 0 fully saturated rings. The van der Waals surface area contributed by atoms with Gasteiger partial charge in [-0.1, -0.05) is 36.6 Å². The SMILES string of the molecule is CCC/C(C)=C/CC/C(C)=C/CCl. The van der Waals surface area contributed by atoms with E-state index in [1.54, 1.807) is 0 Å². The molecule has 1 heteroatoms. The lowest BCUT2D eigenvalue weighted by Crippen LogP contribution is -1.80. The topological polar surface area (TPSA) is 0 Å². The van der Waals surface area contributed by atoms with E-state index in [0.717, 1.165) is 12.8 Å².